The average molecular weight is 486 g/mol. The largest absolute Gasteiger partial charge is 0.355 e. The molecule has 1 atom stereocenters. The Morgan fingerprint density at radius 3 is 2.50 bits per heavy atom. The average Bonchev–Trinajstić information content (AvgIpc) is 3.21. The van der Waals surface area contributed by atoms with E-state index in [0.29, 0.717) is 31.0 Å². The lowest BCUT2D eigenvalue weighted by atomic mass is 9.87. The van der Waals surface area contributed by atoms with Crippen LogP contribution < -0.4 is 5.32 Å². The van der Waals surface area contributed by atoms with Gasteiger partial charge < -0.3 is 9.84 Å². The molecule has 1 aliphatic carbocycles. The van der Waals surface area contributed by atoms with Gasteiger partial charge in [-0.2, -0.15) is 4.31 Å². The van der Waals surface area contributed by atoms with E-state index in [1.807, 2.05) is 37.3 Å². The second kappa shape index (κ2) is 10.4. The quantitative estimate of drug-likeness (QED) is 0.648. The summed E-state index contributed by atoms with van der Waals surface area (Å²) in [6.07, 6.45) is 9.06. The molecule has 4 rings (SSSR count). The summed E-state index contributed by atoms with van der Waals surface area (Å²) in [4.78, 5) is 13.0. The fraction of sp³-hybridized carbons (Fsp3) is 0.538. The number of aryl methyl sites for hydroxylation is 2. The van der Waals surface area contributed by atoms with Crippen LogP contribution in [0.2, 0.25) is 0 Å². The molecule has 2 aliphatic rings. The first-order valence-electron chi connectivity index (χ1n) is 12.3. The summed E-state index contributed by atoms with van der Waals surface area (Å²) < 4.78 is 34.0. The Balaban J connectivity index is 1.48. The first-order chi connectivity index (χ1) is 16.2. The number of carbonyl (C=O) groups excluding carboxylic acids is 1. The van der Waals surface area contributed by atoms with E-state index in [1.54, 1.807) is 13.0 Å². The van der Waals surface area contributed by atoms with Crippen molar-refractivity contribution in [1.82, 2.24) is 14.8 Å². The number of amides is 1. The Kier molecular flexibility index (Phi) is 7.57. The summed E-state index contributed by atoms with van der Waals surface area (Å²) in [5, 5.41) is 7.11. The number of benzene rings is 1. The number of nitrogens with one attached hydrogen (secondary N) is 1. The van der Waals surface area contributed by atoms with Crippen LogP contribution in [0.4, 0.5) is 0 Å². The van der Waals surface area contributed by atoms with Gasteiger partial charge in [0.05, 0.1) is 5.92 Å². The maximum Gasteiger partial charge on any atom is 0.248 e. The minimum atomic E-state index is -3.85. The Morgan fingerprint density at radius 2 is 1.79 bits per heavy atom. The Morgan fingerprint density at radius 1 is 1.09 bits per heavy atom. The van der Waals surface area contributed by atoms with Crippen molar-refractivity contribution in [2.75, 3.05) is 13.1 Å². The van der Waals surface area contributed by atoms with E-state index in [9.17, 15) is 13.2 Å². The molecule has 1 saturated heterocycles. The number of hydrogen-bond donors (Lipinski definition) is 1. The lowest BCUT2D eigenvalue weighted by Crippen LogP contribution is -2.48. The van der Waals surface area contributed by atoms with E-state index in [4.69, 9.17) is 4.52 Å². The van der Waals surface area contributed by atoms with Gasteiger partial charge in [-0.05, 0) is 69.9 Å². The van der Waals surface area contributed by atoms with Crippen molar-refractivity contribution in [3.63, 3.8) is 0 Å². The zero-order valence-electron chi connectivity index (χ0n) is 20.3. The molecule has 8 heteroatoms. The zero-order valence-corrected chi connectivity index (χ0v) is 21.1. The fourth-order valence-electron chi connectivity index (χ4n) is 4.88. The third kappa shape index (κ3) is 5.61. The van der Waals surface area contributed by atoms with Crippen LogP contribution in [0.15, 0.2) is 33.7 Å². The standard InChI is InChI=1S/C26H35N3O4S/c1-18-6-10-21(11-7-18)12-15-24-25(20(3)28-33-24)34(31,32)29-16-4-5-22(17-29)26(30)27-23-13-8-19(2)9-14-23/h6-7,10-12,15,19,22-23H,4-5,8-9,13-14,16-17H2,1-3H3,(H,27,30). The Labute approximate surface area is 202 Å². The Hall–Kier alpha value is -2.45. The molecule has 1 unspecified atom stereocenters. The summed E-state index contributed by atoms with van der Waals surface area (Å²) in [7, 11) is -3.85. The van der Waals surface area contributed by atoms with Gasteiger partial charge in [-0.25, -0.2) is 8.42 Å². The van der Waals surface area contributed by atoms with E-state index >= 15 is 0 Å². The molecule has 1 aromatic heterocycles. The number of sulfonamides is 1. The first-order valence-corrected chi connectivity index (χ1v) is 13.7. The molecule has 7 nitrogen and oxygen atoms in total. The normalized spacial score (nSPS) is 24.4. The highest BCUT2D eigenvalue weighted by Crippen LogP contribution is 2.30. The van der Waals surface area contributed by atoms with Crippen molar-refractivity contribution in [2.45, 2.75) is 70.2 Å². The lowest BCUT2D eigenvalue weighted by Gasteiger charge is -2.33. The highest BCUT2D eigenvalue weighted by Gasteiger charge is 2.37. The fourth-order valence-corrected chi connectivity index (χ4v) is 6.65. The van der Waals surface area contributed by atoms with Crippen molar-refractivity contribution in [3.8, 4) is 0 Å². The predicted octanol–water partition coefficient (Wildman–Crippen LogP) is 4.56. The van der Waals surface area contributed by atoms with Gasteiger partial charge in [0.25, 0.3) is 0 Å². The van der Waals surface area contributed by atoms with Gasteiger partial charge in [-0.15, -0.1) is 0 Å². The molecule has 0 radical (unpaired) electrons. The van der Waals surface area contributed by atoms with Gasteiger partial charge in [0.15, 0.2) is 10.7 Å². The van der Waals surface area contributed by atoms with Crippen LogP contribution in [0.25, 0.3) is 12.2 Å². The number of piperidine rings is 1. The van der Waals surface area contributed by atoms with Gasteiger partial charge >= 0.3 is 0 Å². The molecule has 184 valence electrons. The highest BCUT2D eigenvalue weighted by atomic mass is 32.2. The molecule has 1 aliphatic heterocycles. The van der Waals surface area contributed by atoms with E-state index in [0.717, 1.165) is 36.8 Å². The molecule has 2 heterocycles. The molecule has 0 bridgehead atoms. The molecule has 1 N–H and O–H groups in total. The third-order valence-electron chi connectivity index (χ3n) is 7.05. The smallest absolute Gasteiger partial charge is 0.248 e. The van der Waals surface area contributed by atoms with Crippen molar-refractivity contribution < 1.29 is 17.7 Å². The number of aromatic nitrogens is 1. The molecule has 2 fully saturated rings. The third-order valence-corrected chi connectivity index (χ3v) is 9.08. The van der Waals surface area contributed by atoms with E-state index in [1.165, 1.54) is 4.31 Å². The molecule has 1 amide bonds. The lowest BCUT2D eigenvalue weighted by molar-refractivity contribution is -0.127. The molecule has 0 spiro atoms. The molecule has 1 aromatic carbocycles. The first kappa shape index (κ1) is 24.7. The maximum absolute atomic E-state index is 13.6. The van der Waals surface area contributed by atoms with Gasteiger partial charge in [-0.3, -0.25) is 4.79 Å². The minimum absolute atomic E-state index is 0.0269. The van der Waals surface area contributed by atoms with Crippen molar-refractivity contribution in [2.24, 2.45) is 11.8 Å². The van der Waals surface area contributed by atoms with Gasteiger partial charge in [0.2, 0.25) is 15.9 Å². The molecular formula is C26H35N3O4S. The molecule has 2 aromatic rings. The van der Waals surface area contributed by atoms with Gasteiger partial charge in [0.1, 0.15) is 5.69 Å². The van der Waals surface area contributed by atoms with Crippen LogP contribution in [0.3, 0.4) is 0 Å². The highest BCUT2D eigenvalue weighted by molar-refractivity contribution is 7.89. The monoisotopic (exact) mass is 485 g/mol. The summed E-state index contributed by atoms with van der Waals surface area (Å²) in [5.41, 5.74) is 2.42. The van der Waals surface area contributed by atoms with Crippen molar-refractivity contribution in [1.29, 1.82) is 0 Å². The minimum Gasteiger partial charge on any atom is -0.355 e. The number of rotatable bonds is 6. The summed E-state index contributed by atoms with van der Waals surface area (Å²) in [5.74, 6) is 0.557. The van der Waals surface area contributed by atoms with Crippen LogP contribution >= 0.6 is 0 Å². The van der Waals surface area contributed by atoms with Crippen molar-refractivity contribution in [3.05, 3.63) is 46.8 Å². The number of nitrogens with zero attached hydrogens (tertiary/aromatic N) is 2. The SMILES string of the molecule is Cc1ccc(C=Cc2onc(C)c2S(=O)(=O)N2CCCC(C(=O)NC3CCC(C)CC3)C2)cc1. The van der Waals surface area contributed by atoms with E-state index < -0.39 is 10.0 Å². The summed E-state index contributed by atoms with van der Waals surface area (Å²) in [6, 6.07) is 8.12. The zero-order chi connectivity index (χ0) is 24.3. The van der Waals surface area contributed by atoms with Crippen LogP contribution in [-0.2, 0) is 14.8 Å². The number of carbonyl (C=O) groups is 1. The van der Waals surface area contributed by atoms with E-state index in [2.05, 4.69) is 17.4 Å². The molecular weight excluding hydrogens is 450 g/mol. The van der Waals surface area contributed by atoms with Crippen LogP contribution in [0.1, 0.15) is 68.0 Å². The van der Waals surface area contributed by atoms with Crippen LogP contribution in [0.5, 0.6) is 0 Å². The summed E-state index contributed by atoms with van der Waals surface area (Å²) >= 11 is 0. The van der Waals surface area contributed by atoms with Crippen LogP contribution in [-0.4, -0.2) is 42.9 Å². The Bertz CT molecular complexity index is 1130. The van der Waals surface area contributed by atoms with Gasteiger partial charge in [0, 0.05) is 19.1 Å². The molecule has 34 heavy (non-hydrogen) atoms. The van der Waals surface area contributed by atoms with Crippen LogP contribution in [0, 0.1) is 25.7 Å². The van der Waals surface area contributed by atoms with Crippen molar-refractivity contribution >= 4 is 28.1 Å². The maximum atomic E-state index is 13.6. The predicted molar refractivity (Wildman–Crippen MR) is 132 cm³/mol. The van der Waals surface area contributed by atoms with Gasteiger partial charge in [-0.1, -0.05) is 48.0 Å². The second-order valence-electron chi connectivity index (χ2n) is 9.87. The molecule has 1 saturated carbocycles. The topological polar surface area (TPSA) is 92.5 Å². The second-order valence-corrected chi connectivity index (χ2v) is 11.7. The number of hydrogen-bond acceptors (Lipinski definition) is 5. The van der Waals surface area contributed by atoms with E-state index in [-0.39, 0.29) is 35.1 Å². The summed E-state index contributed by atoms with van der Waals surface area (Å²) in [6.45, 7) is 6.47.